The molecule has 1 heterocycles. The summed E-state index contributed by atoms with van der Waals surface area (Å²) < 4.78 is 6.46. The zero-order valence-electron chi connectivity index (χ0n) is 12.7. The van der Waals surface area contributed by atoms with Gasteiger partial charge in [0, 0.05) is 25.0 Å². The van der Waals surface area contributed by atoms with Crippen LogP contribution in [-0.4, -0.2) is 28.7 Å². The summed E-state index contributed by atoms with van der Waals surface area (Å²) in [4.78, 5) is 27.9. The van der Waals surface area contributed by atoms with E-state index in [-0.39, 0.29) is 23.5 Å². The van der Waals surface area contributed by atoms with Gasteiger partial charge in [0.05, 0.1) is 13.0 Å². The van der Waals surface area contributed by atoms with E-state index >= 15 is 0 Å². The molecule has 6 nitrogen and oxygen atoms in total. The van der Waals surface area contributed by atoms with Crippen molar-refractivity contribution < 1.29 is 9.53 Å². The number of hydrogen-bond acceptors (Lipinski definition) is 5. The molecular weight excluding hydrogens is 270 g/mol. The molecule has 0 aliphatic heterocycles. The van der Waals surface area contributed by atoms with Crippen molar-refractivity contribution in [2.75, 3.05) is 12.4 Å². The molecule has 116 valence electrons. The molecule has 21 heavy (non-hydrogen) atoms. The molecule has 0 bridgehead atoms. The molecule has 0 spiro atoms. The SMILES string of the molecule is CCCn1ccnc(NC2CCC(C(=O)OC)CC2)c1=O. The zero-order valence-corrected chi connectivity index (χ0v) is 12.7. The highest BCUT2D eigenvalue weighted by Crippen LogP contribution is 2.26. The van der Waals surface area contributed by atoms with Crippen molar-refractivity contribution in [2.45, 2.75) is 51.6 Å². The number of carbonyl (C=O) groups excluding carboxylic acids is 1. The van der Waals surface area contributed by atoms with Crippen LogP contribution in [0.3, 0.4) is 0 Å². The molecule has 1 saturated carbocycles. The van der Waals surface area contributed by atoms with Crippen molar-refractivity contribution in [2.24, 2.45) is 5.92 Å². The Hall–Kier alpha value is -1.85. The molecule has 1 aromatic heterocycles. The summed E-state index contributed by atoms with van der Waals surface area (Å²) in [6.07, 6.45) is 7.56. The van der Waals surface area contributed by atoms with Gasteiger partial charge in [0.2, 0.25) is 0 Å². The highest BCUT2D eigenvalue weighted by molar-refractivity contribution is 5.72. The van der Waals surface area contributed by atoms with Crippen molar-refractivity contribution in [1.29, 1.82) is 0 Å². The van der Waals surface area contributed by atoms with Gasteiger partial charge >= 0.3 is 5.97 Å². The molecule has 6 heteroatoms. The highest BCUT2D eigenvalue weighted by atomic mass is 16.5. The molecule has 2 rings (SSSR count). The van der Waals surface area contributed by atoms with Crippen molar-refractivity contribution >= 4 is 11.8 Å². The third-order valence-electron chi connectivity index (χ3n) is 3.98. The highest BCUT2D eigenvalue weighted by Gasteiger charge is 2.27. The van der Waals surface area contributed by atoms with Gasteiger partial charge in [0.1, 0.15) is 0 Å². The minimum Gasteiger partial charge on any atom is -0.469 e. The van der Waals surface area contributed by atoms with Crippen LogP contribution in [0.15, 0.2) is 17.2 Å². The lowest BCUT2D eigenvalue weighted by Crippen LogP contribution is -2.33. The molecule has 1 aliphatic rings. The quantitative estimate of drug-likeness (QED) is 0.838. The smallest absolute Gasteiger partial charge is 0.308 e. The van der Waals surface area contributed by atoms with E-state index in [4.69, 9.17) is 4.74 Å². The summed E-state index contributed by atoms with van der Waals surface area (Å²) in [5.74, 6) is 0.276. The number of esters is 1. The standard InChI is InChI=1S/C15H23N3O3/c1-3-9-18-10-8-16-13(14(18)19)17-12-6-4-11(5-7-12)15(20)21-2/h8,10-12H,3-7,9H2,1-2H3,(H,16,17). The zero-order chi connectivity index (χ0) is 15.2. The van der Waals surface area contributed by atoms with E-state index in [9.17, 15) is 9.59 Å². The second kappa shape index (κ2) is 7.24. The van der Waals surface area contributed by atoms with Crippen LogP contribution in [0, 0.1) is 5.92 Å². The van der Waals surface area contributed by atoms with E-state index in [1.807, 2.05) is 6.92 Å². The molecule has 0 atom stereocenters. The molecule has 1 aromatic rings. The largest absolute Gasteiger partial charge is 0.469 e. The van der Waals surface area contributed by atoms with Gasteiger partial charge in [-0.25, -0.2) is 4.98 Å². The van der Waals surface area contributed by atoms with E-state index in [0.717, 1.165) is 32.1 Å². The first kappa shape index (κ1) is 15.5. The number of methoxy groups -OCH3 is 1. The molecule has 0 saturated heterocycles. The summed E-state index contributed by atoms with van der Waals surface area (Å²) in [5.41, 5.74) is -0.0746. The van der Waals surface area contributed by atoms with Crippen LogP contribution in [0.2, 0.25) is 0 Å². The molecule has 0 radical (unpaired) electrons. The van der Waals surface area contributed by atoms with Gasteiger partial charge in [-0.05, 0) is 32.1 Å². The molecule has 0 aromatic carbocycles. The van der Waals surface area contributed by atoms with Gasteiger partial charge in [-0.3, -0.25) is 9.59 Å². The van der Waals surface area contributed by atoms with E-state index in [1.165, 1.54) is 7.11 Å². The number of hydrogen-bond donors (Lipinski definition) is 1. The number of anilines is 1. The summed E-state index contributed by atoms with van der Waals surface area (Å²) in [5, 5.41) is 3.23. The Morgan fingerprint density at radius 2 is 2.14 bits per heavy atom. The lowest BCUT2D eigenvalue weighted by Gasteiger charge is -2.27. The Morgan fingerprint density at radius 3 is 2.76 bits per heavy atom. The Morgan fingerprint density at radius 1 is 1.43 bits per heavy atom. The second-order valence-corrected chi connectivity index (χ2v) is 5.49. The minimum absolute atomic E-state index is 0.00599. The molecule has 0 amide bonds. The maximum atomic E-state index is 12.2. The predicted molar refractivity (Wildman–Crippen MR) is 80.2 cm³/mol. The van der Waals surface area contributed by atoms with Crippen molar-refractivity contribution in [1.82, 2.24) is 9.55 Å². The normalized spacial score (nSPS) is 21.8. The van der Waals surface area contributed by atoms with Crippen molar-refractivity contribution in [3.8, 4) is 0 Å². The van der Waals surface area contributed by atoms with Gasteiger partial charge in [-0.1, -0.05) is 6.92 Å². The number of nitrogens with zero attached hydrogens (tertiary/aromatic N) is 2. The first-order chi connectivity index (χ1) is 10.2. The average molecular weight is 293 g/mol. The van der Waals surface area contributed by atoms with Crippen LogP contribution in [0.5, 0.6) is 0 Å². The van der Waals surface area contributed by atoms with Crippen LogP contribution in [0.4, 0.5) is 5.82 Å². The lowest BCUT2D eigenvalue weighted by atomic mass is 9.86. The minimum atomic E-state index is -0.128. The fraction of sp³-hybridized carbons (Fsp3) is 0.667. The maximum absolute atomic E-state index is 12.2. The lowest BCUT2D eigenvalue weighted by molar-refractivity contribution is -0.146. The molecule has 1 N–H and O–H groups in total. The average Bonchev–Trinajstić information content (AvgIpc) is 2.51. The summed E-state index contributed by atoms with van der Waals surface area (Å²) >= 11 is 0. The molecular formula is C15H23N3O3. The number of nitrogens with one attached hydrogen (secondary N) is 1. The van der Waals surface area contributed by atoms with E-state index < -0.39 is 0 Å². The van der Waals surface area contributed by atoms with Crippen LogP contribution in [0.25, 0.3) is 0 Å². The Labute approximate surface area is 124 Å². The fourth-order valence-electron chi connectivity index (χ4n) is 2.80. The third-order valence-corrected chi connectivity index (χ3v) is 3.98. The fourth-order valence-corrected chi connectivity index (χ4v) is 2.80. The van der Waals surface area contributed by atoms with E-state index in [0.29, 0.717) is 12.4 Å². The predicted octanol–water partition coefficient (Wildman–Crippen LogP) is 1.80. The number of ether oxygens (including phenoxy) is 1. The number of carbonyl (C=O) groups is 1. The first-order valence-corrected chi connectivity index (χ1v) is 7.55. The Balaban J connectivity index is 1.96. The maximum Gasteiger partial charge on any atom is 0.308 e. The van der Waals surface area contributed by atoms with Crippen LogP contribution in [0.1, 0.15) is 39.0 Å². The molecule has 1 aliphatic carbocycles. The van der Waals surface area contributed by atoms with E-state index in [2.05, 4.69) is 10.3 Å². The van der Waals surface area contributed by atoms with Gasteiger partial charge in [-0.15, -0.1) is 0 Å². The Bertz CT molecular complexity index is 533. The van der Waals surface area contributed by atoms with Crippen LogP contribution < -0.4 is 10.9 Å². The summed E-state index contributed by atoms with van der Waals surface area (Å²) in [6, 6.07) is 0.198. The second-order valence-electron chi connectivity index (χ2n) is 5.49. The Kier molecular flexibility index (Phi) is 5.36. The van der Waals surface area contributed by atoms with E-state index in [1.54, 1.807) is 17.0 Å². The van der Waals surface area contributed by atoms with Crippen molar-refractivity contribution in [3.63, 3.8) is 0 Å². The molecule has 0 unspecified atom stereocenters. The topological polar surface area (TPSA) is 73.2 Å². The number of rotatable bonds is 5. The summed E-state index contributed by atoms with van der Waals surface area (Å²) in [6.45, 7) is 2.74. The van der Waals surface area contributed by atoms with Gasteiger partial charge in [0.25, 0.3) is 5.56 Å². The first-order valence-electron chi connectivity index (χ1n) is 7.55. The van der Waals surface area contributed by atoms with Crippen LogP contribution in [-0.2, 0) is 16.1 Å². The number of aryl methyl sites for hydroxylation is 1. The molecule has 1 fully saturated rings. The van der Waals surface area contributed by atoms with Crippen molar-refractivity contribution in [3.05, 3.63) is 22.7 Å². The van der Waals surface area contributed by atoms with Gasteiger partial charge in [-0.2, -0.15) is 0 Å². The van der Waals surface area contributed by atoms with Crippen LogP contribution >= 0.6 is 0 Å². The third kappa shape index (κ3) is 3.83. The van der Waals surface area contributed by atoms with Gasteiger partial charge in [0.15, 0.2) is 5.82 Å². The number of aromatic nitrogens is 2. The van der Waals surface area contributed by atoms with Gasteiger partial charge < -0.3 is 14.6 Å². The monoisotopic (exact) mass is 293 g/mol. The summed E-state index contributed by atoms with van der Waals surface area (Å²) in [7, 11) is 1.43.